The number of hydrogen-bond acceptors (Lipinski definition) is 1. The number of allylic oxidation sites excluding steroid dienone is 4. The fourth-order valence-electron chi connectivity index (χ4n) is 1.54. The summed E-state index contributed by atoms with van der Waals surface area (Å²) in [6, 6.07) is 10.1. The van der Waals surface area contributed by atoms with E-state index in [0.717, 1.165) is 11.1 Å². The second-order valence-electron chi connectivity index (χ2n) is 3.91. The smallest absolute Gasteiger partial charge is 0.0986 e. The SMILES string of the molecule is CC1(O)C=CC=C(c2ccccc2)C=C1. The van der Waals surface area contributed by atoms with Gasteiger partial charge in [-0.25, -0.2) is 0 Å². The molecule has 1 aliphatic rings. The molecule has 0 aromatic heterocycles. The minimum atomic E-state index is -0.840. The van der Waals surface area contributed by atoms with E-state index in [4.69, 9.17) is 0 Å². The highest BCUT2D eigenvalue weighted by Gasteiger charge is 2.12. The van der Waals surface area contributed by atoms with Crippen molar-refractivity contribution in [2.24, 2.45) is 0 Å². The minimum Gasteiger partial charge on any atom is -0.382 e. The Bertz CT molecular complexity index is 422. The molecule has 1 heteroatoms. The summed E-state index contributed by atoms with van der Waals surface area (Å²) in [5.74, 6) is 0. The van der Waals surface area contributed by atoms with Crippen molar-refractivity contribution in [1.29, 1.82) is 0 Å². The van der Waals surface area contributed by atoms with Crippen molar-refractivity contribution in [3.05, 3.63) is 66.3 Å². The number of hydrogen-bond donors (Lipinski definition) is 1. The van der Waals surface area contributed by atoms with Gasteiger partial charge in [-0.3, -0.25) is 0 Å². The lowest BCUT2D eigenvalue weighted by atomic mass is 10.0. The zero-order chi connectivity index (χ0) is 10.7. The average Bonchev–Trinajstić information content (AvgIpc) is 2.41. The first-order valence-electron chi connectivity index (χ1n) is 5.04. The van der Waals surface area contributed by atoms with Crippen LogP contribution in [0.1, 0.15) is 12.5 Å². The van der Waals surface area contributed by atoms with Gasteiger partial charge in [-0.05, 0) is 30.2 Å². The predicted octanol–water partition coefficient (Wildman–Crippen LogP) is 2.95. The lowest BCUT2D eigenvalue weighted by molar-refractivity contribution is 0.164. The summed E-state index contributed by atoms with van der Waals surface area (Å²) >= 11 is 0. The fraction of sp³-hybridized carbons (Fsp3) is 0.143. The van der Waals surface area contributed by atoms with E-state index in [1.54, 1.807) is 19.1 Å². The molecular weight excluding hydrogens is 184 g/mol. The lowest BCUT2D eigenvalue weighted by Crippen LogP contribution is -2.15. The minimum absolute atomic E-state index is 0.840. The first-order chi connectivity index (χ1) is 7.17. The Morgan fingerprint density at radius 3 is 2.53 bits per heavy atom. The third-order valence-corrected chi connectivity index (χ3v) is 2.42. The van der Waals surface area contributed by atoms with E-state index in [1.165, 1.54) is 0 Å². The summed E-state index contributed by atoms with van der Waals surface area (Å²) in [6.07, 6.45) is 9.43. The van der Waals surface area contributed by atoms with Gasteiger partial charge >= 0.3 is 0 Å². The van der Waals surface area contributed by atoms with Gasteiger partial charge < -0.3 is 5.11 Å². The molecule has 0 aliphatic heterocycles. The van der Waals surface area contributed by atoms with Gasteiger partial charge in [0, 0.05) is 0 Å². The van der Waals surface area contributed by atoms with Crippen LogP contribution in [0.25, 0.3) is 5.57 Å². The number of rotatable bonds is 1. The molecule has 0 saturated carbocycles. The lowest BCUT2D eigenvalue weighted by Gasteiger charge is -2.11. The van der Waals surface area contributed by atoms with Gasteiger partial charge in [0.05, 0.1) is 5.60 Å². The quantitative estimate of drug-likeness (QED) is 0.735. The summed E-state index contributed by atoms with van der Waals surface area (Å²) in [5.41, 5.74) is 1.44. The Hall–Kier alpha value is -1.60. The molecule has 15 heavy (non-hydrogen) atoms. The zero-order valence-electron chi connectivity index (χ0n) is 8.72. The molecule has 0 amide bonds. The summed E-state index contributed by atoms with van der Waals surface area (Å²) in [4.78, 5) is 0. The second-order valence-corrected chi connectivity index (χ2v) is 3.91. The van der Waals surface area contributed by atoms with Crippen LogP contribution in [0.2, 0.25) is 0 Å². The third-order valence-electron chi connectivity index (χ3n) is 2.42. The van der Waals surface area contributed by atoms with Crippen LogP contribution in [0.3, 0.4) is 0 Å². The van der Waals surface area contributed by atoms with E-state index in [9.17, 15) is 5.11 Å². The first kappa shape index (κ1) is 9.94. The Morgan fingerprint density at radius 1 is 1.07 bits per heavy atom. The van der Waals surface area contributed by atoms with E-state index in [-0.39, 0.29) is 0 Å². The Morgan fingerprint density at radius 2 is 1.80 bits per heavy atom. The van der Waals surface area contributed by atoms with Gasteiger partial charge in [-0.1, -0.05) is 48.6 Å². The normalized spacial score (nSPS) is 24.8. The second kappa shape index (κ2) is 3.87. The van der Waals surface area contributed by atoms with E-state index in [1.807, 2.05) is 36.4 Å². The molecule has 1 unspecified atom stereocenters. The largest absolute Gasteiger partial charge is 0.382 e. The average molecular weight is 198 g/mol. The molecule has 1 aromatic rings. The van der Waals surface area contributed by atoms with Crippen molar-refractivity contribution in [3.63, 3.8) is 0 Å². The van der Waals surface area contributed by atoms with Crippen LogP contribution < -0.4 is 0 Å². The highest BCUT2D eigenvalue weighted by Crippen LogP contribution is 2.21. The molecule has 2 rings (SSSR count). The zero-order valence-corrected chi connectivity index (χ0v) is 8.72. The van der Waals surface area contributed by atoms with E-state index in [2.05, 4.69) is 12.1 Å². The maximum absolute atomic E-state index is 9.81. The van der Waals surface area contributed by atoms with Crippen LogP contribution in [-0.2, 0) is 0 Å². The molecule has 1 N–H and O–H groups in total. The van der Waals surface area contributed by atoms with Crippen LogP contribution in [0.4, 0.5) is 0 Å². The Kier molecular flexibility index (Phi) is 2.57. The van der Waals surface area contributed by atoms with Gasteiger partial charge in [0.1, 0.15) is 0 Å². The van der Waals surface area contributed by atoms with Gasteiger partial charge in [0.15, 0.2) is 0 Å². The molecule has 1 atom stereocenters. The molecule has 0 fully saturated rings. The molecule has 1 aromatic carbocycles. The van der Waals surface area contributed by atoms with Gasteiger partial charge in [0.2, 0.25) is 0 Å². The predicted molar refractivity (Wildman–Crippen MR) is 63.3 cm³/mol. The molecule has 76 valence electrons. The molecule has 0 bridgehead atoms. The van der Waals surface area contributed by atoms with Gasteiger partial charge in [-0.15, -0.1) is 0 Å². The Labute approximate surface area is 90.1 Å². The summed E-state index contributed by atoms with van der Waals surface area (Å²) in [6.45, 7) is 1.77. The van der Waals surface area contributed by atoms with E-state index >= 15 is 0 Å². The number of benzene rings is 1. The highest BCUT2D eigenvalue weighted by atomic mass is 16.3. The van der Waals surface area contributed by atoms with Crippen LogP contribution in [0, 0.1) is 0 Å². The van der Waals surface area contributed by atoms with Crippen molar-refractivity contribution >= 4 is 5.57 Å². The summed E-state index contributed by atoms with van der Waals surface area (Å²) in [7, 11) is 0. The monoisotopic (exact) mass is 198 g/mol. The summed E-state index contributed by atoms with van der Waals surface area (Å²) < 4.78 is 0. The summed E-state index contributed by atoms with van der Waals surface area (Å²) in [5, 5.41) is 9.81. The molecule has 0 heterocycles. The maximum atomic E-state index is 9.81. The van der Waals surface area contributed by atoms with Crippen LogP contribution >= 0.6 is 0 Å². The highest BCUT2D eigenvalue weighted by molar-refractivity contribution is 5.76. The van der Waals surface area contributed by atoms with Crippen molar-refractivity contribution in [1.82, 2.24) is 0 Å². The van der Waals surface area contributed by atoms with Crippen molar-refractivity contribution in [2.75, 3.05) is 0 Å². The molecule has 0 spiro atoms. The fourth-order valence-corrected chi connectivity index (χ4v) is 1.54. The van der Waals surface area contributed by atoms with Crippen LogP contribution in [-0.4, -0.2) is 10.7 Å². The van der Waals surface area contributed by atoms with Gasteiger partial charge in [-0.2, -0.15) is 0 Å². The molecule has 0 radical (unpaired) electrons. The van der Waals surface area contributed by atoms with Crippen LogP contribution in [0.15, 0.2) is 60.7 Å². The van der Waals surface area contributed by atoms with E-state index in [0.29, 0.717) is 0 Å². The first-order valence-corrected chi connectivity index (χ1v) is 5.04. The van der Waals surface area contributed by atoms with Crippen molar-refractivity contribution in [3.8, 4) is 0 Å². The molecule has 1 aliphatic carbocycles. The molecule has 1 nitrogen and oxygen atoms in total. The number of aliphatic hydroxyl groups is 1. The van der Waals surface area contributed by atoms with Gasteiger partial charge in [0.25, 0.3) is 0 Å². The third kappa shape index (κ3) is 2.45. The maximum Gasteiger partial charge on any atom is 0.0986 e. The van der Waals surface area contributed by atoms with Crippen molar-refractivity contribution < 1.29 is 5.11 Å². The molecular formula is C14H14O. The Balaban J connectivity index is 2.34. The standard InChI is InChI=1S/C14H14O/c1-14(15)10-5-8-13(9-11-14)12-6-3-2-4-7-12/h2-11,15H,1H3. The molecule has 0 saturated heterocycles. The van der Waals surface area contributed by atoms with Crippen LogP contribution in [0.5, 0.6) is 0 Å². The van der Waals surface area contributed by atoms with Crippen molar-refractivity contribution in [2.45, 2.75) is 12.5 Å². The van der Waals surface area contributed by atoms with E-state index < -0.39 is 5.60 Å². The topological polar surface area (TPSA) is 20.2 Å².